The van der Waals surface area contributed by atoms with E-state index in [2.05, 4.69) is 29.2 Å². The fourth-order valence-electron chi connectivity index (χ4n) is 7.52. The third kappa shape index (κ3) is 4.02. The largest absolute Gasteiger partial charge is 0.467 e. The molecule has 3 aliphatic carbocycles. The molecule has 0 aromatic rings. The van der Waals surface area contributed by atoms with Gasteiger partial charge in [0.2, 0.25) is 0 Å². The minimum absolute atomic E-state index is 0.117. The van der Waals surface area contributed by atoms with Gasteiger partial charge in [-0.05, 0) is 61.7 Å². The molecular formula is C25H35F3N2O4. The zero-order valence-electron chi connectivity index (χ0n) is 20.3. The number of alkyl halides is 3. The lowest BCUT2D eigenvalue weighted by Crippen LogP contribution is -2.61. The molecule has 0 aromatic carbocycles. The van der Waals surface area contributed by atoms with E-state index in [0.717, 1.165) is 39.7 Å². The summed E-state index contributed by atoms with van der Waals surface area (Å²) in [6.07, 6.45) is 4.61. The number of amides is 2. The van der Waals surface area contributed by atoms with Crippen molar-refractivity contribution in [1.82, 2.24) is 10.6 Å². The molecule has 0 spiro atoms. The summed E-state index contributed by atoms with van der Waals surface area (Å²) in [6, 6.07) is -2.06. The van der Waals surface area contributed by atoms with E-state index in [4.69, 9.17) is 0 Å². The number of carbonyl (C=O) groups excluding carboxylic acids is 3. The molecule has 3 unspecified atom stereocenters. The quantitative estimate of drug-likeness (QED) is 0.468. The lowest BCUT2D eigenvalue weighted by Gasteiger charge is -2.58. The summed E-state index contributed by atoms with van der Waals surface area (Å²) in [4.78, 5) is 38.0. The van der Waals surface area contributed by atoms with Crippen LogP contribution in [-0.4, -0.2) is 43.2 Å². The Morgan fingerprint density at radius 1 is 1.15 bits per heavy atom. The van der Waals surface area contributed by atoms with Crippen LogP contribution in [0.25, 0.3) is 0 Å². The van der Waals surface area contributed by atoms with Crippen molar-refractivity contribution < 1.29 is 32.3 Å². The van der Waals surface area contributed by atoms with Crippen molar-refractivity contribution >= 4 is 17.8 Å². The number of halogens is 3. The predicted octanol–water partition coefficient (Wildman–Crippen LogP) is 3.90. The first-order valence-corrected chi connectivity index (χ1v) is 12.3. The molecule has 6 nitrogen and oxygen atoms in total. The van der Waals surface area contributed by atoms with Gasteiger partial charge in [-0.15, -0.1) is 0 Å². The Morgan fingerprint density at radius 2 is 1.85 bits per heavy atom. The number of fused-ring (bicyclic) bond motifs is 5. The first-order valence-electron chi connectivity index (χ1n) is 12.3. The molecular weight excluding hydrogens is 449 g/mol. The van der Waals surface area contributed by atoms with Crippen LogP contribution in [0.3, 0.4) is 0 Å². The van der Waals surface area contributed by atoms with Crippen LogP contribution in [0.15, 0.2) is 11.6 Å². The SMILES string of the molecule is COC(=O)C(NC(=O)C1=C[C@@]2(C)C(CC[C@@H]3[C@H]2CC[C@]2(C)CCC[C@@H]32)NC1=O)C(C)C(F)(F)F. The molecule has 1 heterocycles. The predicted molar refractivity (Wildman–Crippen MR) is 118 cm³/mol. The highest BCUT2D eigenvalue weighted by Gasteiger charge is 2.58. The van der Waals surface area contributed by atoms with Crippen molar-refractivity contribution in [2.24, 2.45) is 34.5 Å². The van der Waals surface area contributed by atoms with Gasteiger partial charge >= 0.3 is 12.1 Å². The van der Waals surface area contributed by atoms with E-state index in [0.29, 0.717) is 17.3 Å². The Balaban J connectivity index is 1.62. The molecule has 4 rings (SSSR count). The summed E-state index contributed by atoms with van der Waals surface area (Å²) in [5, 5.41) is 5.10. The number of rotatable bonds is 4. The summed E-state index contributed by atoms with van der Waals surface area (Å²) < 4.78 is 44.5. The Labute approximate surface area is 198 Å². The van der Waals surface area contributed by atoms with Gasteiger partial charge in [0, 0.05) is 11.5 Å². The fraction of sp³-hybridized carbons (Fsp3) is 0.800. The fourth-order valence-corrected chi connectivity index (χ4v) is 7.52. The Bertz CT molecular complexity index is 903. The zero-order valence-corrected chi connectivity index (χ0v) is 20.3. The second-order valence-electron chi connectivity index (χ2n) is 11.3. The van der Waals surface area contributed by atoms with Crippen LogP contribution in [0.5, 0.6) is 0 Å². The van der Waals surface area contributed by atoms with Gasteiger partial charge in [-0.3, -0.25) is 9.59 Å². The smallest absolute Gasteiger partial charge is 0.394 e. The third-order valence-corrected chi connectivity index (χ3v) is 9.56. The van der Waals surface area contributed by atoms with Gasteiger partial charge in [0.25, 0.3) is 11.8 Å². The standard InChI is InChI=1S/C25H35F3N2O4/c1-13(25(26,27)28)19(22(33)34-4)30-21(32)15-12-24(3)17-9-11-23(2)10-5-6-16(23)14(17)7-8-18(24)29-20(15)31/h12-14,16-19H,5-11H2,1-4H3,(H,29,31)(H,30,32)/t13?,14-,16-,17+,18?,19?,23-,24+/m0/s1. The van der Waals surface area contributed by atoms with Crippen molar-refractivity contribution in [3.05, 3.63) is 11.6 Å². The highest BCUT2D eigenvalue weighted by atomic mass is 19.4. The maximum Gasteiger partial charge on any atom is 0.394 e. The molecule has 0 bridgehead atoms. The molecule has 2 N–H and O–H groups in total. The number of hydrogen-bond donors (Lipinski definition) is 2. The lowest BCUT2D eigenvalue weighted by molar-refractivity contribution is -0.186. The molecule has 9 heteroatoms. The molecule has 0 radical (unpaired) electrons. The van der Waals surface area contributed by atoms with Crippen LogP contribution in [0.2, 0.25) is 0 Å². The second kappa shape index (κ2) is 8.55. The van der Waals surface area contributed by atoms with E-state index >= 15 is 0 Å². The van der Waals surface area contributed by atoms with Crippen LogP contribution >= 0.6 is 0 Å². The van der Waals surface area contributed by atoms with Gasteiger partial charge in [-0.2, -0.15) is 13.2 Å². The number of carbonyl (C=O) groups is 3. The van der Waals surface area contributed by atoms with Crippen molar-refractivity contribution in [3.63, 3.8) is 0 Å². The van der Waals surface area contributed by atoms with E-state index in [1.165, 1.54) is 19.3 Å². The van der Waals surface area contributed by atoms with Crippen LogP contribution < -0.4 is 10.6 Å². The molecule has 4 aliphatic rings. The summed E-state index contributed by atoms with van der Waals surface area (Å²) in [5.74, 6) is -3.54. The molecule has 0 saturated heterocycles. The number of ether oxygens (including phenoxy) is 1. The Kier molecular flexibility index (Phi) is 6.30. The molecule has 3 saturated carbocycles. The average Bonchev–Trinajstić information content (AvgIpc) is 3.17. The van der Waals surface area contributed by atoms with E-state index in [-0.39, 0.29) is 17.5 Å². The summed E-state index contributed by atoms with van der Waals surface area (Å²) in [5.41, 5.74) is -0.334. The minimum atomic E-state index is -4.72. The molecule has 8 atom stereocenters. The Morgan fingerprint density at radius 3 is 2.50 bits per heavy atom. The molecule has 34 heavy (non-hydrogen) atoms. The van der Waals surface area contributed by atoms with Crippen LogP contribution in [0.4, 0.5) is 13.2 Å². The van der Waals surface area contributed by atoms with Gasteiger partial charge in [-0.1, -0.05) is 33.3 Å². The van der Waals surface area contributed by atoms with Crippen LogP contribution in [-0.2, 0) is 19.1 Å². The van der Waals surface area contributed by atoms with Crippen molar-refractivity contribution in [2.45, 2.75) is 84.0 Å². The highest BCUT2D eigenvalue weighted by Crippen LogP contribution is 2.63. The number of esters is 1. The van der Waals surface area contributed by atoms with E-state index in [9.17, 15) is 27.6 Å². The summed E-state index contributed by atoms with van der Waals surface area (Å²) >= 11 is 0. The highest BCUT2D eigenvalue weighted by molar-refractivity contribution is 6.19. The van der Waals surface area contributed by atoms with Gasteiger partial charge in [0.15, 0.2) is 0 Å². The maximum absolute atomic E-state index is 13.3. The van der Waals surface area contributed by atoms with Crippen LogP contribution in [0.1, 0.15) is 65.7 Å². The average molecular weight is 485 g/mol. The maximum atomic E-state index is 13.3. The first-order chi connectivity index (χ1) is 15.8. The number of hydrogen-bond acceptors (Lipinski definition) is 4. The lowest BCUT2D eigenvalue weighted by atomic mass is 9.48. The van der Waals surface area contributed by atoms with Gasteiger partial charge in [0.1, 0.15) is 11.6 Å². The topological polar surface area (TPSA) is 84.5 Å². The molecule has 1 aliphatic heterocycles. The van der Waals surface area contributed by atoms with Gasteiger partial charge in [-0.25, -0.2) is 4.79 Å². The number of nitrogens with one attached hydrogen (secondary N) is 2. The third-order valence-electron chi connectivity index (χ3n) is 9.56. The van der Waals surface area contributed by atoms with Crippen molar-refractivity contribution in [1.29, 1.82) is 0 Å². The zero-order chi connectivity index (χ0) is 25.1. The summed E-state index contributed by atoms with van der Waals surface area (Å²) in [7, 11) is 0.963. The second-order valence-corrected chi connectivity index (χ2v) is 11.3. The van der Waals surface area contributed by atoms with Crippen LogP contribution in [0, 0.1) is 34.5 Å². The Hall–Kier alpha value is -2.06. The van der Waals surface area contributed by atoms with E-state index in [1.807, 2.05) is 0 Å². The van der Waals surface area contributed by atoms with Gasteiger partial charge in [0.05, 0.1) is 13.0 Å². The molecule has 3 fully saturated rings. The van der Waals surface area contributed by atoms with E-state index in [1.54, 1.807) is 6.08 Å². The molecule has 0 aromatic heterocycles. The summed E-state index contributed by atoms with van der Waals surface area (Å²) in [6.45, 7) is 5.26. The molecule has 190 valence electrons. The van der Waals surface area contributed by atoms with Crippen molar-refractivity contribution in [3.8, 4) is 0 Å². The molecule has 2 amide bonds. The van der Waals surface area contributed by atoms with Crippen molar-refractivity contribution in [2.75, 3.05) is 7.11 Å². The number of methoxy groups -OCH3 is 1. The van der Waals surface area contributed by atoms with Gasteiger partial charge < -0.3 is 15.4 Å². The normalized spacial score (nSPS) is 38.9. The minimum Gasteiger partial charge on any atom is -0.467 e. The van der Waals surface area contributed by atoms with E-state index < -0.39 is 41.3 Å². The first kappa shape index (κ1) is 25.0. The monoisotopic (exact) mass is 484 g/mol.